The van der Waals surface area contributed by atoms with Gasteiger partial charge in [-0.05, 0) is 30.7 Å². The Balaban J connectivity index is 1.81. The van der Waals surface area contributed by atoms with Crippen LogP contribution >= 0.6 is 0 Å². The molecule has 5 nitrogen and oxygen atoms in total. The molecule has 5 heteroatoms. The van der Waals surface area contributed by atoms with Crippen LogP contribution in [-0.4, -0.2) is 20.4 Å². The molecule has 0 unspecified atom stereocenters. The second kappa shape index (κ2) is 6.39. The van der Waals surface area contributed by atoms with Gasteiger partial charge in [0.25, 0.3) is 5.91 Å². The predicted octanol–water partition coefficient (Wildman–Crippen LogP) is 2.77. The topological polar surface area (TPSA) is 59.8 Å². The highest BCUT2D eigenvalue weighted by Gasteiger charge is 2.12. The summed E-state index contributed by atoms with van der Waals surface area (Å²) in [6.07, 6.45) is 2.63. The molecule has 1 aromatic carbocycles. The molecular weight excluding hydrogens is 276 g/mol. The van der Waals surface area contributed by atoms with E-state index in [2.05, 4.69) is 32.8 Å². The summed E-state index contributed by atoms with van der Waals surface area (Å²) in [5.41, 5.74) is 2.48. The third-order valence-electron chi connectivity index (χ3n) is 3.49. The minimum Gasteiger partial charge on any atom is -0.343 e. The molecule has 2 aromatic heterocycles. The maximum absolute atomic E-state index is 12.1. The van der Waals surface area contributed by atoms with Crippen LogP contribution < -0.4 is 5.32 Å². The smallest absolute Gasteiger partial charge is 0.270 e. The molecule has 112 valence electrons. The zero-order chi connectivity index (χ0) is 15.4. The molecule has 1 amide bonds. The second-order valence-corrected chi connectivity index (χ2v) is 5.07. The first-order valence-electron chi connectivity index (χ1n) is 7.43. The summed E-state index contributed by atoms with van der Waals surface area (Å²) in [6.45, 7) is 3.41. The number of carbonyl (C=O) groups excluding carboxylic acids is 1. The van der Waals surface area contributed by atoms with Gasteiger partial charge in [-0.25, -0.2) is 4.98 Å². The van der Waals surface area contributed by atoms with Gasteiger partial charge in [-0.15, -0.1) is 0 Å². The van der Waals surface area contributed by atoms with E-state index in [9.17, 15) is 4.79 Å². The molecule has 3 aromatic rings. The fourth-order valence-corrected chi connectivity index (χ4v) is 2.48. The molecule has 0 fully saturated rings. The van der Waals surface area contributed by atoms with Crippen LogP contribution in [0.5, 0.6) is 0 Å². The Morgan fingerprint density at radius 1 is 1.18 bits per heavy atom. The molecule has 0 spiro atoms. The van der Waals surface area contributed by atoms with E-state index < -0.39 is 0 Å². The number of nitrogens with zero attached hydrogens (tertiary/aromatic N) is 3. The molecule has 2 heterocycles. The standard InChI is InChI=1S/C17H18N4O/c1-2-11-21-15-9-4-3-7-13(15)20-16(21)12-19-17(22)14-8-5-6-10-18-14/h3-10H,2,11-12H2,1H3,(H,19,22). The van der Waals surface area contributed by atoms with Crippen molar-refractivity contribution < 1.29 is 4.79 Å². The zero-order valence-electron chi connectivity index (χ0n) is 12.5. The van der Waals surface area contributed by atoms with Crippen molar-refractivity contribution in [2.75, 3.05) is 0 Å². The van der Waals surface area contributed by atoms with E-state index in [1.54, 1.807) is 24.4 Å². The summed E-state index contributed by atoms with van der Waals surface area (Å²) < 4.78 is 2.16. The number of para-hydroxylation sites is 2. The number of fused-ring (bicyclic) bond motifs is 1. The molecule has 22 heavy (non-hydrogen) atoms. The van der Waals surface area contributed by atoms with Crippen LogP contribution in [0.1, 0.15) is 29.7 Å². The van der Waals surface area contributed by atoms with Gasteiger partial charge in [0.2, 0.25) is 0 Å². The minimum absolute atomic E-state index is 0.185. The molecule has 3 rings (SSSR count). The Morgan fingerprint density at radius 2 is 2.00 bits per heavy atom. The van der Waals surface area contributed by atoms with Crippen molar-refractivity contribution in [2.24, 2.45) is 0 Å². The van der Waals surface area contributed by atoms with Gasteiger partial charge in [-0.2, -0.15) is 0 Å². The summed E-state index contributed by atoms with van der Waals surface area (Å²) in [5, 5.41) is 2.89. The molecule has 0 radical (unpaired) electrons. The fourth-order valence-electron chi connectivity index (χ4n) is 2.48. The number of nitrogens with one attached hydrogen (secondary N) is 1. The number of aryl methyl sites for hydroxylation is 1. The van der Waals surface area contributed by atoms with Crippen molar-refractivity contribution >= 4 is 16.9 Å². The number of aromatic nitrogens is 3. The van der Waals surface area contributed by atoms with Gasteiger partial charge in [0.05, 0.1) is 17.6 Å². The molecular formula is C17H18N4O. The summed E-state index contributed by atoms with van der Waals surface area (Å²) in [7, 11) is 0. The van der Waals surface area contributed by atoms with Gasteiger partial charge < -0.3 is 9.88 Å². The lowest BCUT2D eigenvalue weighted by atomic mass is 10.3. The van der Waals surface area contributed by atoms with Gasteiger partial charge >= 0.3 is 0 Å². The molecule has 1 N–H and O–H groups in total. The van der Waals surface area contributed by atoms with Crippen LogP contribution in [0.4, 0.5) is 0 Å². The second-order valence-electron chi connectivity index (χ2n) is 5.07. The lowest BCUT2D eigenvalue weighted by Gasteiger charge is -2.08. The van der Waals surface area contributed by atoms with Crippen LogP contribution in [0.3, 0.4) is 0 Å². The van der Waals surface area contributed by atoms with E-state index in [1.807, 2.05) is 18.2 Å². The average molecular weight is 294 g/mol. The van der Waals surface area contributed by atoms with Gasteiger partial charge in [0.15, 0.2) is 0 Å². The largest absolute Gasteiger partial charge is 0.343 e. The van der Waals surface area contributed by atoms with Gasteiger partial charge in [-0.1, -0.05) is 25.1 Å². The first-order chi connectivity index (χ1) is 10.8. The first-order valence-corrected chi connectivity index (χ1v) is 7.43. The summed E-state index contributed by atoms with van der Waals surface area (Å²) in [5.74, 6) is 0.683. The highest BCUT2D eigenvalue weighted by molar-refractivity contribution is 5.92. The Morgan fingerprint density at radius 3 is 2.77 bits per heavy atom. The van der Waals surface area contributed by atoms with Gasteiger partial charge in [0.1, 0.15) is 11.5 Å². The lowest BCUT2D eigenvalue weighted by Crippen LogP contribution is -2.25. The number of hydrogen-bond donors (Lipinski definition) is 1. The molecule has 0 aliphatic carbocycles. The van der Waals surface area contributed by atoms with Crippen molar-refractivity contribution in [1.82, 2.24) is 19.9 Å². The lowest BCUT2D eigenvalue weighted by molar-refractivity contribution is 0.0944. The van der Waals surface area contributed by atoms with Crippen molar-refractivity contribution in [3.63, 3.8) is 0 Å². The molecule has 0 atom stereocenters. The van der Waals surface area contributed by atoms with Gasteiger partial charge in [0, 0.05) is 12.7 Å². The normalized spacial score (nSPS) is 10.8. The number of pyridine rings is 1. The van der Waals surface area contributed by atoms with Crippen molar-refractivity contribution in [3.8, 4) is 0 Å². The van der Waals surface area contributed by atoms with Gasteiger partial charge in [-0.3, -0.25) is 9.78 Å². The van der Waals surface area contributed by atoms with E-state index in [4.69, 9.17) is 0 Å². The number of rotatable bonds is 5. The number of amides is 1. The van der Waals surface area contributed by atoms with Crippen molar-refractivity contribution in [3.05, 3.63) is 60.2 Å². The Kier molecular flexibility index (Phi) is 4.14. The number of benzene rings is 1. The predicted molar refractivity (Wildman–Crippen MR) is 85.4 cm³/mol. The number of imidazole rings is 1. The molecule has 0 saturated carbocycles. The van der Waals surface area contributed by atoms with Crippen LogP contribution in [0, 0.1) is 0 Å². The van der Waals surface area contributed by atoms with Crippen LogP contribution in [0.25, 0.3) is 11.0 Å². The van der Waals surface area contributed by atoms with E-state index in [0.717, 1.165) is 29.8 Å². The average Bonchev–Trinajstić information content (AvgIpc) is 2.92. The van der Waals surface area contributed by atoms with Crippen LogP contribution in [-0.2, 0) is 13.1 Å². The Bertz CT molecular complexity index is 780. The summed E-state index contributed by atoms with van der Waals surface area (Å²) in [4.78, 5) is 20.8. The number of carbonyl (C=O) groups is 1. The number of hydrogen-bond acceptors (Lipinski definition) is 3. The van der Waals surface area contributed by atoms with E-state index in [1.165, 1.54) is 0 Å². The zero-order valence-corrected chi connectivity index (χ0v) is 12.5. The van der Waals surface area contributed by atoms with E-state index in [0.29, 0.717) is 12.2 Å². The SMILES string of the molecule is CCCn1c(CNC(=O)c2ccccn2)nc2ccccc21. The molecule has 0 aliphatic rings. The summed E-state index contributed by atoms with van der Waals surface area (Å²) in [6, 6.07) is 13.3. The monoisotopic (exact) mass is 294 g/mol. The Labute approximate surface area is 129 Å². The molecule has 0 bridgehead atoms. The van der Waals surface area contributed by atoms with E-state index >= 15 is 0 Å². The van der Waals surface area contributed by atoms with Crippen molar-refractivity contribution in [1.29, 1.82) is 0 Å². The quantitative estimate of drug-likeness (QED) is 0.787. The molecule has 0 saturated heterocycles. The highest BCUT2D eigenvalue weighted by Crippen LogP contribution is 2.16. The summed E-state index contributed by atoms with van der Waals surface area (Å²) >= 11 is 0. The van der Waals surface area contributed by atoms with Crippen LogP contribution in [0.15, 0.2) is 48.7 Å². The fraction of sp³-hybridized carbons (Fsp3) is 0.235. The van der Waals surface area contributed by atoms with E-state index in [-0.39, 0.29) is 5.91 Å². The van der Waals surface area contributed by atoms with Crippen molar-refractivity contribution in [2.45, 2.75) is 26.4 Å². The minimum atomic E-state index is -0.185. The third kappa shape index (κ3) is 2.83. The maximum atomic E-state index is 12.1. The van der Waals surface area contributed by atoms with Crippen LogP contribution in [0.2, 0.25) is 0 Å². The molecule has 0 aliphatic heterocycles. The highest BCUT2D eigenvalue weighted by atomic mass is 16.1. The Hall–Kier alpha value is -2.69. The third-order valence-corrected chi connectivity index (χ3v) is 3.49. The maximum Gasteiger partial charge on any atom is 0.270 e. The first kappa shape index (κ1) is 14.3.